The monoisotopic (exact) mass is 483 g/mol. The van der Waals surface area contributed by atoms with Crippen molar-refractivity contribution in [3.63, 3.8) is 0 Å². The van der Waals surface area contributed by atoms with Gasteiger partial charge in [0, 0.05) is 12.8 Å². The summed E-state index contributed by atoms with van der Waals surface area (Å²) in [6.07, 6.45) is -0.491. The van der Waals surface area contributed by atoms with E-state index in [4.69, 9.17) is 11.5 Å². The zero-order valence-corrected chi connectivity index (χ0v) is 19.0. The second-order valence-corrected chi connectivity index (χ2v) is 7.83. The van der Waals surface area contributed by atoms with Crippen molar-refractivity contribution in [2.75, 3.05) is 6.54 Å². The molecule has 0 radical (unpaired) electrons. The minimum atomic E-state index is -1.45. The highest BCUT2D eigenvalue weighted by Gasteiger charge is 2.30. The Morgan fingerprint density at radius 1 is 0.714 bits per heavy atom. The number of nitrogens with one attached hydrogen (secondary N) is 3. The molecule has 0 aliphatic heterocycles. The molecule has 0 aromatic heterocycles. The number of rotatable bonds is 13. The van der Waals surface area contributed by atoms with Crippen molar-refractivity contribution in [2.24, 2.45) is 11.5 Å². The number of carboxylic acid groups (broad SMARTS) is 1. The number of amides is 4. The lowest BCUT2D eigenvalue weighted by Crippen LogP contribution is -2.57. The van der Waals surface area contributed by atoms with E-state index in [0.717, 1.165) is 5.56 Å². The summed E-state index contributed by atoms with van der Waals surface area (Å²) in [7, 11) is 0. The van der Waals surface area contributed by atoms with Crippen LogP contribution in [-0.2, 0) is 36.8 Å². The molecule has 0 saturated carbocycles. The standard InChI is InChI=1S/C24H29N5O6/c25-14-21(31)27-17(11-15-7-3-1-4-8-15)22(32)28-18(13-20(26)30)23(33)29-19(24(34)35)12-16-9-5-2-6-10-16/h1-10,17-19H,11-14,25H2,(H2,26,30)(H,27,31)(H,28,32)(H,29,33)(H,34,35)/t17-,18-,19-/m0/s1. The van der Waals surface area contributed by atoms with Crippen molar-refractivity contribution in [1.29, 1.82) is 0 Å². The predicted molar refractivity (Wildman–Crippen MR) is 127 cm³/mol. The van der Waals surface area contributed by atoms with E-state index >= 15 is 0 Å². The maximum absolute atomic E-state index is 13.0. The topological polar surface area (TPSA) is 194 Å². The van der Waals surface area contributed by atoms with Gasteiger partial charge in [-0.3, -0.25) is 19.2 Å². The van der Waals surface area contributed by atoms with Crippen LogP contribution in [0.4, 0.5) is 0 Å². The molecule has 0 aliphatic rings. The summed E-state index contributed by atoms with van der Waals surface area (Å²) in [6.45, 7) is -0.358. The van der Waals surface area contributed by atoms with E-state index in [1.165, 1.54) is 0 Å². The van der Waals surface area contributed by atoms with Crippen LogP contribution < -0.4 is 27.4 Å². The predicted octanol–water partition coefficient (Wildman–Crippen LogP) is -1.16. The van der Waals surface area contributed by atoms with Gasteiger partial charge in [-0.05, 0) is 11.1 Å². The molecule has 0 unspecified atom stereocenters. The van der Waals surface area contributed by atoms with E-state index in [2.05, 4.69) is 16.0 Å². The molecular formula is C24H29N5O6. The number of aliphatic carboxylic acids is 1. The van der Waals surface area contributed by atoms with E-state index in [-0.39, 0.29) is 19.4 Å². The van der Waals surface area contributed by atoms with Gasteiger partial charge in [-0.25, -0.2) is 4.79 Å². The molecule has 11 nitrogen and oxygen atoms in total. The van der Waals surface area contributed by atoms with E-state index in [0.29, 0.717) is 5.56 Å². The van der Waals surface area contributed by atoms with E-state index in [1.54, 1.807) is 60.7 Å². The summed E-state index contributed by atoms with van der Waals surface area (Å²) in [5, 5.41) is 16.8. The third kappa shape index (κ3) is 9.26. The molecule has 0 aliphatic carbocycles. The molecule has 0 bridgehead atoms. The van der Waals surface area contributed by atoms with Crippen molar-refractivity contribution in [2.45, 2.75) is 37.4 Å². The molecule has 2 rings (SSSR count). The van der Waals surface area contributed by atoms with Crippen molar-refractivity contribution < 1.29 is 29.1 Å². The highest BCUT2D eigenvalue weighted by atomic mass is 16.4. The van der Waals surface area contributed by atoms with Gasteiger partial charge in [-0.2, -0.15) is 0 Å². The van der Waals surface area contributed by atoms with Crippen molar-refractivity contribution in [1.82, 2.24) is 16.0 Å². The normalized spacial score (nSPS) is 13.1. The van der Waals surface area contributed by atoms with E-state index in [9.17, 15) is 29.1 Å². The Labute approximate surface area is 202 Å². The van der Waals surface area contributed by atoms with Gasteiger partial charge in [0.05, 0.1) is 13.0 Å². The van der Waals surface area contributed by atoms with Crippen LogP contribution in [0.5, 0.6) is 0 Å². The van der Waals surface area contributed by atoms with Crippen LogP contribution in [0.1, 0.15) is 17.5 Å². The molecule has 0 spiro atoms. The van der Waals surface area contributed by atoms with E-state index < -0.39 is 54.1 Å². The quantitative estimate of drug-likeness (QED) is 0.207. The molecule has 0 saturated heterocycles. The minimum Gasteiger partial charge on any atom is -0.480 e. The molecule has 8 N–H and O–H groups in total. The van der Waals surface area contributed by atoms with Gasteiger partial charge < -0.3 is 32.5 Å². The summed E-state index contributed by atoms with van der Waals surface area (Å²) in [5.74, 6) is -4.42. The van der Waals surface area contributed by atoms with Gasteiger partial charge in [-0.15, -0.1) is 0 Å². The van der Waals surface area contributed by atoms with Crippen LogP contribution in [0.3, 0.4) is 0 Å². The van der Waals surface area contributed by atoms with Crippen molar-refractivity contribution in [3.8, 4) is 0 Å². The fourth-order valence-electron chi connectivity index (χ4n) is 3.32. The van der Waals surface area contributed by atoms with Gasteiger partial charge in [0.25, 0.3) is 0 Å². The van der Waals surface area contributed by atoms with Gasteiger partial charge in [0.2, 0.25) is 23.6 Å². The second kappa shape index (κ2) is 13.5. The maximum atomic E-state index is 13.0. The first-order chi connectivity index (χ1) is 16.7. The number of carboxylic acids is 1. The fraction of sp³-hybridized carbons (Fsp3) is 0.292. The van der Waals surface area contributed by atoms with Crippen LogP contribution >= 0.6 is 0 Å². The number of benzene rings is 2. The molecule has 2 aromatic carbocycles. The highest BCUT2D eigenvalue weighted by Crippen LogP contribution is 2.07. The number of hydrogen-bond donors (Lipinski definition) is 6. The molecule has 0 fully saturated rings. The third-order valence-corrected chi connectivity index (χ3v) is 5.06. The summed E-state index contributed by atoms with van der Waals surface area (Å²) >= 11 is 0. The summed E-state index contributed by atoms with van der Waals surface area (Å²) < 4.78 is 0. The molecule has 3 atom stereocenters. The maximum Gasteiger partial charge on any atom is 0.326 e. The molecule has 35 heavy (non-hydrogen) atoms. The van der Waals surface area contributed by atoms with Crippen molar-refractivity contribution >= 4 is 29.6 Å². The van der Waals surface area contributed by atoms with Gasteiger partial charge >= 0.3 is 5.97 Å². The lowest BCUT2D eigenvalue weighted by atomic mass is 10.0. The Balaban J connectivity index is 2.17. The van der Waals surface area contributed by atoms with Crippen molar-refractivity contribution in [3.05, 3.63) is 71.8 Å². The van der Waals surface area contributed by atoms with E-state index in [1.807, 2.05) is 0 Å². The molecule has 4 amide bonds. The SMILES string of the molecule is NCC(=O)N[C@@H](Cc1ccccc1)C(=O)N[C@@H](CC(N)=O)C(=O)N[C@@H](Cc1ccccc1)C(=O)O. The Kier molecular flexibility index (Phi) is 10.4. The molecule has 11 heteroatoms. The largest absolute Gasteiger partial charge is 0.480 e. The Bertz CT molecular complexity index is 1030. The average molecular weight is 484 g/mol. The Morgan fingerprint density at radius 2 is 1.17 bits per heavy atom. The Morgan fingerprint density at radius 3 is 1.63 bits per heavy atom. The van der Waals surface area contributed by atoms with Gasteiger partial charge in [0.1, 0.15) is 18.1 Å². The lowest BCUT2D eigenvalue weighted by Gasteiger charge is -2.24. The summed E-state index contributed by atoms with van der Waals surface area (Å²) in [4.78, 5) is 61.0. The van der Waals surface area contributed by atoms with Crippen LogP contribution in [0, 0.1) is 0 Å². The number of nitrogens with two attached hydrogens (primary N) is 2. The minimum absolute atomic E-state index is 0.0116. The lowest BCUT2D eigenvalue weighted by molar-refractivity contribution is -0.142. The number of carbonyl (C=O) groups is 5. The molecule has 2 aromatic rings. The third-order valence-electron chi connectivity index (χ3n) is 5.06. The molecule has 0 heterocycles. The zero-order chi connectivity index (χ0) is 25.8. The van der Waals surface area contributed by atoms with Crippen LogP contribution in [-0.4, -0.2) is 59.4 Å². The summed E-state index contributed by atoms with van der Waals surface area (Å²) in [5.41, 5.74) is 12.0. The molecule has 186 valence electrons. The number of carbonyl (C=O) groups excluding carboxylic acids is 4. The summed E-state index contributed by atoms with van der Waals surface area (Å²) in [6, 6.07) is 13.6. The van der Waals surface area contributed by atoms with Crippen LogP contribution in [0.15, 0.2) is 60.7 Å². The second-order valence-electron chi connectivity index (χ2n) is 7.83. The first kappa shape index (κ1) is 27.0. The average Bonchev–Trinajstić information content (AvgIpc) is 2.83. The smallest absolute Gasteiger partial charge is 0.326 e. The van der Waals surface area contributed by atoms with Crippen LogP contribution in [0.25, 0.3) is 0 Å². The van der Waals surface area contributed by atoms with Gasteiger partial charge in [0.15, 0.2) is 0 Å². The first-order valence-corrected chi connectivity index (χ1v) is 10.9. The number of hydrogen-bond acceptors (Lipinski definition) is 6. The molecular weight excluding hydrogens is 454 g/mol. The Hall–Kier alpha value is -4.25. The van der Waals surface area contributed by atoms with Gasteiger partial charge in [-0.1, -0.05) is 60.7 Å². The first-order valence-electron chi connectivity index (χ1n) is 10.9. The highest BCUT2D eigenvalue weighted by molar-refractivity contribution is 5.96. The number of primary amides is 1. The fourth-order valence-corrected chi connectivity index (χ4v) is 3.32. The van der Waals surface area contributed by atoms with Crippen LogP contribution in [0.2, 0.25) is 0 Å². The zero-order valence-electron chi connectivity index (χ0n) is 19.0.